The average molecular weight is 376 g/mol. The highest BCUT2D eigenvalue weighted by molar-refractivity contribution is 5.85. The second kappa shape index (κ2) is 9.17. The maximum Gasteiger partial charge on any atom is 0.366 e. The summed E-state index contributed by atoms with van der Waals surface area (Å²) in [5, 5.41) is 7.67. The summed E-state index contributed by atoms with van der Waals surface area (Å²) in [5.74, 6) is 0.706. The van der Waals surface area contributed by atoms with Gasteiger partial charge < -0.3 is 15.4 Å². The molecule has 2 heterocycles. The Kier molecular flexibility index (Phi) is 7.89. The molecule has 0 unspecified atom stereocenters. The van der Waals surface area contributed by atoms with E-state index >= 15 is 0 Å². The van der Waals surface area contributed by atoms with Crippen LogP contribution in [0.1, 0.15) is 12.8 Å². The number of ether oxygens (including phenoxy) is 1. The van der Waals surface area contributed by atoms with Gasteiger partial charge in [-0.3, -0.25) is 4.57 Å². The SMILES string of the molecule is COc1ccc2nnc(=O)n(CCN3CCC(N)CC3)c2c1.Cl.Cl. The van der Waals surface area contributed by atoms with E-state index in [0.717, 1.165) is 38.0 Å². The number of rotatable bonds is 4. The molecule has 2 N–H and O–H groups in total. The fourth-order valence-electron chi connectivity index (χ4n) is 2.82. The van der Waals surface area contributed by atoms with Gasteiger partial charge in [0, 0.05) is 25.2 Å². The molecule has 0 saturated carbocycles. The predicted molar refractivity (Wildman–Crippen MR) is 98.5 cm³/mol. The summed E-state index contributed by atoms with van der Waals surface area (Å²) in [4.78, 5) is 14.4. The molecule has 1 aliphatic rings. The van der Waals surface area contributed by atoms with Gasteiger partial charge in [0.25, 0.3) is 0 Å². The van der Waals surface area contributed by atoms with Crippen molar-refractivity contribution in [3.8, 4) is 5.75 Å². The minimum absolute atomic E-state index is 0. The molecule has 1 fully saturated rings. The Morgan fingerprint density at radius 3 is 2.58 bits per heavy atom. The van der Waals surface area contributed by atoms with Gasteiger partial charge in [0.1, 0.15) is 11.3 Å². The van der Waals surface area contributed by atoms with E-state index < -0.39 is 0 Å². The first-order valence-corrected chi connectivity index (χ1v) is 7.56. The summed E-state index contributed by atoms with van der Waals surface area (Å²) < 4.78 is 6.90. The molecule has 0 amide bonds. The number of nitrogens with zero attached hydrogens (tertiary/aromatic N) is 4. The number of fused-ring (bicyclic) bond motifs is 1. The summed E-state index contributed by atoms with van der Waals surface area (Å²) >= 11 is 0. The largest absolute Gasteiger partial charge is 0.497 e. The van der Waals surface area contributed by atoms with Gasteiger partial charge in [-0.05, 0) is 38.1 Å². The van der Waals surface area contributed by atoms with Gasteiger partial charge in [0.05, 0.1) is 12.6 Å². The summed E-state index contributed by atoms with van der Waals surface area (Å²) in [6, 6.07) is 5.78. The number of aromatic nitrogens is 3. The van der Waals surface area contributed by atoms with Crippen molar-refractivity contribution in [2.24, 2.45) is 5.73 Å². The van der Waals surface area contributed by atoms with Gasteiger partial charge in [-0.15, -0.1) is 29.9 Å². The van der Waals surface area contributed by atoms with Crippen LogP contribution in [0.15, 0.2) is 23.0 Å². The molecule has 24 heavy (non-hydrogen) atoms. The fourth-order valence-corrected chi connectivity index (χ4v) is 2.82. The molecule has 1 aliphatic heterocycles. The van der Waals surface area contributed by atoms with Crippen molar-refractivity contribution in [1.82, 2.24) is 19.7 Å². The molecule has 0 atom stereocenters. The van der Waals surface area contributed by atoms with Crippen LogP contribution < -0.4 is 16.2 Å². The smallest absolute Gasteiger partial charge is 0.366 e. The molecule has 1 saturated heterocycles. The van der Waals surface area contributed by atoms with Gasteiger partial charge in [-0.25, -0.2) is 4.79 Å². The highest BCUT2D eigenvalue weighted by Crippen LogP contribution is 2.17. The zero-order valence-electron chi connectivity index (χ0n) is 13.6. The Bertz CT molecular complexity index is 717. The van der Waals surface area contributed by atoms with Crippen LogP contribution in [0.2, 0.25) is 0 Å². The van der Waals surface area contributed by atoms with E-state index in [9.17, 15) is 4.79 Å². The third-order valence-electron chi connectivity index (χ3n) is 4.22. The van der Waals surface area contributed by atoms with Crippen LogP contribution in [0.4, 0.5) is 0 Å². The number of likely N-dealkylation sites (tertiary alicyclic amines) is 1. The molecule has 2 aromatic rings. The van der Waals surface area contributed by atoms with Gasteiger partial charge >= 0.3 is 5.69 Å². The summed E-state index contributed by atoms with van der Waals surface area (Å²) in [6.45, 7) is 3.36. The van der Waals surface area contributed by atoms with Gasteiger partial charge in [-0.1, -0.05) is 5.10 Å². The minimum atomic E-state index is -0.325. The van der Waals surface area contributed by atoms with Crippen LogP contribution in [0, 0.1) is 0 Å². The molecule has 0 aliphatic carbocycles. The van der Waals surface area contributed by atoms with Crippen LogP contribution in [-0.4, -0.2) is 52.5 Å². The lowest BCUT2D eigenvalue weighted by Gasteiger charge is -2.30. The molecule has 0 spiro atoms. The van der Waals surface area contributed by atoms with E-state index in [1.165, 1.54) is 0 Å². The van der Waals surface area contributed by atoms with E-state index in [1.807, 2.05) is 18.2 Å². The van der Waals surface area contributed by atoms with Crippen molar-refractivity contribution in [2.45, 2.75) is 25.4 Å². The molecular formula is C15H23Cl2N5O2. The van der Waals surface area contributed by atoms with E-state index in [4.69, 9.17) is 10.5 Å². The maximum atomic E-state index is 12.1. The minimum Gasteiger partial charge on any atom is -0.497 e. The highest BCUT2D eigenvalue weighted by Gasteiger charge is 2.16. The molecule has 9 heteroatoms. The first-order valence-electron chi connectivity index (χ1n) is 7.56. The number of hydrogen-bond donors (Lipinski definition) is 1. The van der Waals surface area contributed by atoms with Crippen LogP contribution in [0.25, 0.3) is 11.0 Å². The van der Waals surface area contributed by atoms with E-state index in [0.29, 0.717) is 23.9 Å². The molecular weight excluding hydrogens is 353 g/mol. The Hall–Kier alpha value is -1.41. The van der Waals surface area contributed by atoms with Crippen molar-refractivity contribution in [1.29, 1.82) is 0 Å². The van der Waals surface area contributed by atoms with Crippen LogP contribution in [0.5, 0.6) is 5.75 Å². The number of piperidine rings is 1. The number of benzene rings is 1. The van der Waals surface area contributed by atoms with Gasteiger partial charge in [0.2, 0.25) is 0 Å². The first-order chi connectivity index (χ1) is 10.7. The van der Waals surface area contributed by atoms with Gasteiger partial charge in [-0.2, -0.15) is 0 Å². The van der Waals surface area contributed by atoms with Crippen molar-refractivity contribution in [2.75, 3.05) is 26.7 Å². The second-order valence-corrected chi connectivity index (χ2v) is 5.67. The molecule has 0 radical (unpaired) electrons. The number of halogens is 2. The summed E-state index contributed by atoms with van der Waals surface area (Å²) in [7, 11) is 1.61. The third-order valence-corrected chi connectivity index (χ3v) is 4.22. The Balaban J connectivity index is 0.00000144. The molecule has 0 bridgehead atoms. The third kappa shape index (κ3) is 4.57. The first kappa shape index (κ1) is 20.6. The van der Waals surface area contributed by atoms with E-state index in [2.05, 4.69) is 15.1 Å². The molecule has 1 aromatic heterocycles. The average Bonchev–Trinajstić information content (AvgIpc) is 2.55. The zero-order valence-corrected chi connectivity index (χ0v) is 15.2. The van der Waals surface area contributed by atoms with Gasteiger partial charge in [0.15, 0.2) is 0 Å². The van der Waals surface area contributed by atoms with E-state index in [1.54, 1.807) is 11.7 Å². The number of methoxy groups -OCH3 is 1. The lowest BCUT2D eigenvalue weighted by atomic mass is 10.1. The lowest BCUT2D eigenvalue weighted by Crippen LogP contribution is -2.41. The van der Waals surface area contributed by atoms with Crippen molar-refractivity contribution in [3.63, 3.8) is 0 Å². The van der Waals surface area contributed by atoms with Crippen molar-refractivity contribution >= 4 is 35.8 Å². The lowest BCUT2D eigenvalue weighted by molar-refractivity contribution is 0.206. The Labute approximate surface area is 153 Å². The Morgan fingerprint density at radius 2 is 1.92 bits per heavy atom. The van der Waals surface area contributed by atoms with Crippen LogP contribution in [-0.2, 0) is 6.54 Å². The molecule has 1 aromatic carbocycles. The molecule has 7 nitrogen and oxygen atoms in total. The standard InChI is InChI=1S/C15H21N5O2.2ClH/c1-22-12-2-3-13-14(10-12)20(15(21)18-17-13)9-8-19-6-4-11(16)5-7-19;;/h2-3,10-11H,4-9,16H2,1H3;2*1H. The van der Waals surface area contributed by atoms with Crippen molar-refractivity contribution in [3.05, 3.63) is 28.7 Å². The summed E-state index contributed by atoms with van der Waals surface area (Å²) in [6.07, 6.45) is 2.02. The summed E-state index contributed by atoms with van der Waals surface area (Å²) in [5.41, 5.74) is 7.05. The van der Waals surface area contributed by atoms with Crippen molar-refractivity contribution < 1.29 is 4.74 Å². The molecule has 134 valence electrons. The zero-order chi connectivity index (χ0) is 15.5. The number of hydrogen-bond acceptors (Lipinski definition) is 6. The quantitative estimate of drug-likeness (QED) is 0.859. The van der Waals surface area contributed by atoms with E-state index in [-0.39, 0.29) is 30.5 Å². The second-order valence-electron chi connectivity index (χ2n) is 5.67. The fraction of sp³-hybridized carbons (Fsp3) is 0.533. The van der Waals surface area contributed by atoms with Crippen LogP contribution >= 0.6 is 24.8 Å². The molecule has 3 rings (SSSR count). The topological polar surface area (TPSA) is 86.3 Å². The maximum absolute atomic E-state index is 12.1. The van der Waals surface area contributed by atoms with Crippen LogP contribution in [0.3, 0.4) is 0 Å². The monoisotopic (exact) mass is 375 g/mol. The normalized spacial score (nSPS) is 15.6. The number of nitrogens with two attached hydrogens (primary N) is 1. The highest BCUT2D eigenvalue weighted by atomic mass is 35.5. The predicted octanol–water partition coefficient (Wildman–Crippen LogP) is 1.07. The Morgan fingerprint density at radius 1 is 1.21 bits per heavy atom.